The fourth-order valence-corrected chi connectivity index (χ4v) is 2.55. The van der Waals surface area contributed by atoms with E-state index in [1.54, 1.807) is 24.3 Å². The third kappa shape index (κ3) is 4.82. The monoisotopic (exact) mass is 348 g/mol. The molecule has 25 heavy (non-hydrogen) atoms. The second kappa shape index (κ2) is 8.32. The van der Waals surface area contributed by atoms with E-state index in [1.807, 2.05) is 66.7 Å². The van der Waals surface area contributed by atoms with Crippen LogP contribution in [-0.2, 0) is 6.61 Å². The lowest BCUT2D eigenvalue weighted by Gasteiger charge is -2.08. The first kappa shape index (κ1) is 17.0. The van der Waals surface area contributed by atoms with Crippen LogP contribution in [0.2, 0.25) is 5.02 Å². The van der Waals surface area contributed by atoms with Crippen LogP contribution in [0.3, 0.4) is 0 Å². The average Bonchev–Trinajstić information content (AvgIpc) is 2.66. The third-order valence-electron chi connectivity index (χ3n) is 3.70. The maximum atomic E-state index is 12.1. The summed E-state index contributed by atoms with van der Waals surface area (Å²) < 4.78 is 5.80. The highest BCUT2D eigenvalue weighted by Crippen LogP contribution is 2.20. The molecule has 0 heterocycles. The van der Waals surface area contributed by atoms with Crippen LogP contribution in [0.4, 0.5) is 0 Å². The molecule has 0 aromatic heterocycles. The van der Waals surface area contributed by atoms with Gasteiger partial charge < -0.3 is 4.74 Å². The Labute approximate surface area is 152 Å². The van der Waals surface area contributed by atoms with E-state index in [4.69, 9.17) is 16.3 Å². The zero-order valence-electron chi connectivity index (χ0n) is 13.6. The fraction of sp³-hybridized carbons (Fsp3) is 0.0455. The van der Waals surface area contributed by atoms with Crippen LogP contribution in [0.5, 0.6) is 5.75 Å². The van der Waals surface area contributed by atoms with Crippen LogP contribution in [0.25, 0.3) is 6.08 Å². The molecule has 0 radical (unpaired) electrons. The minimum Gasteiger partial charge on any atom is -0.489 e. The zero-order chi connectivity index (χ0) is 17.5. The molecule has 0 atom stereocenters. The van der Waals surface area contributed by atoms with Crippen LogP contribution >= 0.6 is 11.6 Å². The number of ketones is 1. The standard InChI is InChI=1S/C22H17ClO2/c23-21-12-5-4-10-19(21)16-25-20-11-6-7-17(15-20)13-14-22(24)18-8-2-1-3-9-18/h1-15H,16H2/b14-13+. The normalized spacial score (nSPS) is 10.8. The highest BCUT2D eigenvalue weighted by atomic mass is 35.5. The van der Waals surface area contributed by atoms with E-state index >= 15 is 0 Å². The Morgan fingerprint density at radius 2 is 1.68 bits per heavy atom. The van der Waals surface area contributed by atoms with E-state index in [2.05, 4.69) is 0 Å². The van der Waals surface area contributed by atoms with Crippen molar-refractivity contribution in [2.45, 2.75) is 6.61 Å². The number of carbonyl (C=O) groups excluding carboxylic acids is 1. The van der Waals surface area contributed by atoms with Gasteiger partial charge in [-0.2, -0.15) is 0 Å². The van der Waals surface area contributed by atoms with Crippen molar-refractivity contribution < 1.29 is 9.53 Å². The Balaban J connectivity index is 1.66. The molecule has 0 saturated heterocycles. The van der Waals surface area contributed by atoms with Crippen molar-refractivity contribution in [2.75, 3.05) is 0 Å². The van der Waals surface area contributed by atoms with Crippen LogP contribution in [0.15, 0.2) is 84.9 Å². The number of benzene rings is 3. The van der Waals surface area contributed by atoms with Gasteiger partial charge in [0.1, 0.15) is 12.4 Å². The third-order valence-corrected chi connectivity index (χ3v) is 4.06. The summed E-state index contributed by atoms with van der Waals surface area (Å²) in [4.78, 5) is 12.1. The molecular formula is C22H17ClO2. The molecule has 0 N–H and O–H groups in total. The summed E-state index contributed by atoms with van der Waals surface area (Å²) in [5.74, 6) is 0.706. The average molecular weight is 349 g/mol. The first-order valence-corrected chi connectivity index (χ1v) is 8.34. The molecule has 0 unspecified atom stereocenters. The van der Waals surface area contributed by atoms with E-state index in [1.165, 1.54) is 0 Å². The van der Waals surface area contributed by atoms with E-state index < -0.39 is 0 Å². The molecule has 0 aliphatic rings. The number of allylic oxidation sites excluding steroid dienone is 1. The number of hydrogen-bond acceptors (Lipinski definition) is 2. The number of halogens is 1. The van der Waals surface area contributed by atoms with Gasteiger partial charge in [-0.1, -0.05) is 78.3 Å². The van der Waals surface area contributed by atoms with E-state index in [-0.39, 0.29) is 5.78 Å². The van der Waals surface area contributed by atoms with Crippen molar-refractivity contribution in [3.8, 4) is 5.75 Å². The summed E-state index contributed by atoms with van der Waals surface area (Å²) in [5, 5.41) is 0.687. The van der Waals surface area contributed by atoms with Crippen molar-refractivity contribution >= 4 is 23.5 Å². The minimum atomic E-state index is -0.0250. The Bertz CT molecular complexity index is 885. The number of carbonyl (C=O) groups is 1. The van der Waals surface area contributed by atoms with Gasteiger partial charge in [0.2, 0.25) is 0 Å². The zero-order valence-corrected chi connectivity index (χ0v) is 14.3. The molecule has 3 aromatic carbocycles. The number of ether oxygens (including phenoxy) is 1. The van der Waals surface area contributed by atoms with Gasteiger partial charge in [0.05, 0.1) is 0 Å². The van der Waals surface area contributed by atoms with Crippen molar-refractivity contribution in [1.29, 1.82) is 0 Å². The summed E-state index contributed by atoms with van der Waals surface area (Å²) in [6.45, 7) is 0.399. The molecule has 0 bridgehead atoms. The van der Waals surface area contributed by atoms with E-state index in [0.717, 1.165) is 16.9 Å². The highest BCUT2D eigenvalue weighted by molar-refractivity contribution is 6.31. The predicted octanol–water partition coefficient (Wildman–Crippen LogP) is 5.82. The summed E-state index contributed by atoms with van der Waals surface area (Å²) in [5.41, 5.74) is 2.51. The van der Waals surface area contributed by atoms with Crippen LogP contribution in [0.1, 0.15) is 21.5 Å². The second-order valence-corrected chi connectivity index (χ2v) is 5.92. The molecule has 0 amide bonds. The van der Waals surface area contributed by atoms with Gasteiger partial charge in [-0.25, -0.2) is 0 Å². The highest BCUT2D eigenvalue weighted by Gasteiger charge is 2.02. The Hall–Kier alpha value is -2.84. The molecule has 0 saturated carbocycles. The van der Waals surface area contributed by atoms with Gasteiger partial charge in [-0.15, -0.1) is 0 Å². The van der Waals surface area contributed by atoms with Crippen molar-refractivity contribution in [3.05, 3.63) is 107 Å². The molecule has 3 rings (SSSR count). The van der Waals surface area contributed by atoms with Gasteiger partial charge in [-0.05, 0) is 29.8 Å². The van der Waals surface area contributed by atoms with Crippen molar-refractivity contribution in [1.82, 2.24) is 0 Å². The van der Waals surface area contributed by atoms with E-state index in [9.17, 15) is 4.79 Å². The molecule has 0 fully saturated rings. The lowest BCUT2D eigenvalue weighted by molar-refractivity contribution is 0.104. The van der Waals surface area contributed by atoms with Gasteiger partial charge in [0.15, 0.2) is 5.78 Å². The van der Waals surface area contributed by atoms with Crippen molar-refractivity contribution in [3.63, 3.8) is 0 Å². The van der Waals surface area contributed by atoms with Crippen molar-refractivity contribution in [2.24, 2.45) is 0 Å². The summed E-state index contributed by atoms with van der Waals surface area (Å²) in [7, 11) is 0. The smallest absolute Gasteiger partial charge is 0.185 e. The molecule has 0 aliphatic heterocycles. The first-order valence-electron chi connectivity index (χ1n) is 7.96. The molecule has 3 heteroatoms. The van der Waals surface area contributed by atoms with Crippen LogP contribution in [0, 0.1) is 0 Å². The SMILES string of the molecule is O=C(/C=C/c1cccc(OCc2ccccc2Cl)c1)c1ccccc1. The molecule has 0 aliphatic carbocycles. The topological polar surface area (TPSA) is 26.3 Å². The summed E-state index contributed by atoms with van der Waals surface area (Å²) in [6.07, 6.45) is 3.36. The largest absolute Gasteiger partial charge is 0.489 e. The Kier molecular flexibility index (Phi) is 5.65. The fourth-order valence-electron chi connectivity index (χ4n) is 2.36. The first-order chi connectivity index (χ1) is 12.2. The summed E-state index contributed by atoms with van der Waals surface area (Å²) in [6, 6.07) is 24.4. The molecule has 3 aromatic rings. The van der Waals surface area contributed by atoms with Crippen LogP contribution in [-0.4, -0.2) is 5.78 Å². The van der Waals surface area contributed by atoms with Gasteiger partial charge in [0, 0.05) is 16.1 Å². The second-order valence-electron chi connectivity index (χ2n) is 5.52. The number of hydrogen-bond donors (Lipinski definition) is 0. The number of rotatable bonds is 6. The molecular weight excluding hydrogens is 332 g/mol. The lowest BCUT2D eigenvalue weighted by atomic mass is 10.1. The Morgan fingerprint density at radius 3 is 2.48 bits per heavy atom. The lowest BCUT2D eigenvalue weighted by Crippen LogP contribution is -1.96. The molecule has 2 nitrogen and oxygen atoms in total. The quantitative estimate of drug-likeness (QED) is 0.414. The molecule has 124 valence electrons. The summed E-state index contributed by atoms with van der Waals surface area (Å²) >= 11 is 6.14. The van der Waals surface area contributed by atoms with Gasteiger partial charge in [-0.3, -0.25) is 4.79 Å². The maximum absolute atomic E-state index is 12.1. The maximum Gasteiger partial charge on any atom is 0.185 e. The van der Waals surface area contributed by atoms with Crippen LogP contribution < -0.4 is 4.74 Å². The van der Waals surface area contributed by atoms with Gasteiger partial charge in [0.25, 0.3) is 0 Å². The Morgan fingerprint density at radius 1 is 0.920 bits per heavy atom. The van der Waals surface area contributed by atoms with E-state index in [0.29, 0.717) is 17.2 Å². The predicted molar refractivity (Wildman–Crippen MR) is 102 cm³/mol. The minimum absolute atomic E-state index is 0.0250. The van der Waals surface area contributed by atoms with Gasteiger partial charge >= 0.3 is 0 Å². The molecule has 0 spiro atoms.